The number of aliphatic hydroxyl groups excluding tert-OH is 1. The van der Waals surface area contributed by atoms with Crippen LogP contribution in [-0.2, 0) is 6.54 Å². The Morgan fingerprint density at radius 3 is 2.60 bits per heavy atom. The van der Waals surface area contributed by atoms with Gasteiger partial charge < -0.3 is 15.4 Å². The van der Waals surface area contributed by atoms with Crippen molar-refractivity contribution in [3.63, 3.8) is 0 Å². The fourth-order valence-corrected chi connectivity index (χ4v) is 2.76. The van der Waals surface area contributed by atoms with E-state index in [1.54, 1.807) is 0 Å². The van der Waals surface area contributed by atoms with Crippen LogP contribution in [0.15, 0.2) is 24.3 Å². The van der Waals surface area contributed by atoms with Gasteiger partial charge in [-0.25, -0.2) is 4.98 Å². The number of nitrogens with two attached hydrogens (primary N) is 1. The van der Waals surface area contributed by atoms with Crippen molar-refractivity contribution in [1.82, 2.24) is 9.55 Å². The summed E-state index contributed by atoms with van der Waals surface area (Å²) in [6, 6.07) is 8.05. The SMILES string of the molecule is CC(C)(C)CC(CN)c1nc2ccccc2n1CCO. The summed E-state index contributed by atoms with van der Waals surface area (Å²) in [6.45, 7) is 7.90. The maximum Gasteiger partial charge on any atom is 0.114 e. The van der Waals surface area contributed by atoms with Gasteiger partial charge in [0.25, 0.3) is 0 Å². The Kier molecular flexibility index (Phi) is 4.45. The summed E-state index contributed by atoms with van der Waals surface area (Å²) in [6.07, 6.45) is 0.984. The molecule has 0 spiro atoms. The van der Waals surface area contributed by atoms with Crippen LogP contribution in [0.5, 0.6) is 0 Å². The smallest absolute Gasteiger partial charge is 0.114 e. The summed E-state index contributed by atoms with van der Waals surface area (Å²) in [5.41, 5.74) is 8.23. The Bertz CT molecular complexity index is 569. The van der Waals surface area contributed by atoms with E-state index in [1.165, 1.54) is 0 Å². The molecule has 20 heavy (non-hydrogen) atoms. The maximum atomic E-state index is 9.33. The standard InChI is InChI=1S/C16H25N3O/c1-16(2,3)10-12(11-17)15-18-13-6-4-5-7-14(13)19(15)8-9-20/h4-7,12,20H,8-11,17H2,1-3H3. The van der Waals surface area contributed by atoms with Crippen molar-refractivity contribution < 1.29 is 5.11 Å². The molecule has 0 aliphatic rings. The zero-order valence-corrected chi connectivity index (χ0v) is 12.6. The molecule has 1 heterocycles. The van der Waals surface area contributed by atoms with Crippen molar-refractivity contribution in [3.05, 3.63) is 30.1 Å². The van der Waals surface area contributed by atoms with Crippen molar-refractivity contribution in [2.75, 3.05) is 13.2 Å². The number of aromatic nitrogens is 2. The summed E-state index contributed by atoms with van der Waals surface area (Å²) in [5, 5.41) is 9.33. The molecule has 0 bridgehead atoms. The van der Waals surface area contributed by atoms with Crippen LogP contribution in [0.2, 0.25) is 0 Å². The summed E-state index contributed by atoms with van der Waals surface area (Å²) in [5.74, 6) is 1.21. The number of nitrogens with zero attached hydrogens (tertiary/aromatic N) is 2. The van der Waals surface area contributed by atoms with Gasteiger partial charge in [0.2, 0.25) is 0 Å². The number of aliphatic hydroxyl groups is 1. The normalized spacial score (nSPS) is 13.8. The van der Waals surface area contributed by atoms with Crippen molar-refractivity contribution in [1.29, 1.82) is 0 Å². The zero-order chi connectivity index (χ0) is 14.8. The fraction of sp³-hybridized carbons (Fsp3) is 0.562. The van der Waals surface area contributed by atoms with Crippen LogP contribution in [0.1, 0.15) is 38.9 Å². The molecule has 0 aliphatic carbocycles. The number of benzene rings is 1. The van der Waals surface area contributed by atoms with Crippen molar-refractivity contribution >= 4 is 11.0 Å². The minimum atomic E-state index is 0.111. The molecule has 1 aromatic heterocycles. The molecule has 3 N–H and O–H groups in total. The first-order valence-electron chi connectivity index (χ1n) is 7.22. The molecule has 1 aromatic carbocycles. The number of imidazole rings is 1. The highest BCUT2D eigenvalue weighted by Crippen LogP contribution is 2.31. The average Bonchev–Trinajstić information content (AvgIpc) is 2.75. The van der Waals surface area contributed by atoms with Crippen LogP contribution in [0.3, 0.4) is 0 Å². The van der Waals surface area contributed by atoms with Gasteiger partial charge in [0, 0.05) is 19.0 Å². The van der Waals surface area contributed by atoms with E-state index in [1.807, 2.05) is 24.3 Å². The van der Waals surface area contributed by atoms with Gasteiger partial charge in [0.1, 0.15) is 5.82 Å². The van der Waals surface area contributed by atoms with Crippen molar-refractivity contribution in [2.24, 2.45) is 11.1 Å². The highest BCUT2D eigenvalue weighted by atomic mass is 16.3. The first-order valence-corrected chi connectivity index (χ1v) is 7.22. The van der Waals surface area contributed by atoms with Crippen LogP contribution >= 0.6 is 0 Å². The lowest BCUT2D eigenvalue weighted by molar-refractivity contribution is 0.271. The van der Waals surface area contributed by atoms with Gasteiger partial charge in [0.05, 0.1) is 17.6 Å². The topological polar surface area (TPSA) is 64.1 Å². The number of hydrogen-bond donors (Lipinski definition) is 2. The van der Waals surface area contributed by atoms with E-state index < -0.39 is 0 Å². The predicted octanol–water partition coefficient (Wildman–Crippen LogP) is 2.51. The van der Waals surface area contributed by atoms with Crippen molar-refractivity contribution in [2.45, 2.75) is 39.7 Å². The van der Waals surface area contributed by atoms with Crippen LogP contribution in [-0.4, -0.2) is 27.8 Å². The molecular weight excluding hydrogens is 250 g/mol. The van der Waals surface area contributed by atoms with Crippen LogP contribution in [0.4, 0.5) is 0 Å². The lowest BCUT2D eigenvalue weighted by Crippen LogP contribution is -2.23. The van der Waals surface area contributed by atoms with E-state index in [9.17, 15) is 5.11 Å². The van der Waals surface area contributed by atoms with Gasteiger partial charge in [-0.15, -0.1) is 0 Å². The molecule has 0 fully saturated rings. The Hall–Kier alpha value is -1.39. The average molecular weight is 275 g/mol. The fourth-order valence-electron chi connectivity index (χ4n) is 2.76. The van der Waals surface area contributed by atoms with Crippen LogP contribution in [0.25, 0.3) is 11.0 Å². The quantitative estimate of drug-likeness (QED) is 0.881. The molecule has 1 unspecified atom stereocenters. The second kappa shape index (κ2) is 5.94. The largest absolute Gasteiger partial charge is 0.395 e. The Morgan fingerprint density at radius 1 is 1.30 bits per heavy atom. The molecule has 2 aromatic rings. The number of hydrogen-bond acceptors (Lipinski definition) is 3. The number of fused-ring (bicyclic) bond motifs is 1. The first-order chi connectivity index (χ1) is 9.46. The molecule has 0 saturated carbocycles. The summed E-state index contributed by atoms with van der Waals surface area (Å²) in [4.78, 5) is 4.76. The van der Waals surface area contributed by atoms with E-state index >= 15 is 0 Å². The molecule has 0 saturated heterocycles. The monoisotopic (exact) mass is 275 g/mol. The Balaban J connectivity index is 2.48. The number of para-hydroxylation sites is 2. The number of rotatable bonds is 5. The summed E-state index contributed by atoms with van der Waals surface area (Å²) < 4.78 is 2.11. The maximum absolute atomic E-state index is 9.33. The van der Waals surface area contributed by atoms with Crippen molar-refractivity contribution in [3.8, 4) is 0 Å². The molecule has 0 aliphatic heterocycles. The van der Waals surface area contributed by atoms with Gasteiger partial charge in [-0.05, 0) is 24.0 Å². The Labute approximate surface area is 120 Å². The molecular formula is C16H25N3O. The third-order valence-corrected chi connectivity index (χ3v) is 3.52. The van der Waals surface area contributed by atoms with E-state index in [2.05, 4.69) is 25.3 Å². The van der Waals surface area contributed by atoms with E-state index in [4.69, 9.17) is 10.7 Å². The highest BCUT2D eigenvalue weighted by molar-refractivity contribution is 5.76. The van der Waals surface area contributed by atoms with E-state index in [0.717, 1.165) is 23.3 Å². The third-order valence-electron chi connectivity index (χ3n) is 3.52. The van der Waals surface area contributed by atoms with Gasteiger partial charge in [-0.1, -0.05) is 32.9 Å². The lowest BCUT2D eigenvalue weighted by Gasteiger charge is -2.25. The first kappa shape index (κ1) is 15.0. The summed E-state index contributed by atoms with van der Waals surface area (Å²) >= 11 is 0. The van der Waals surface area contributed by atoms with E-state index in [-0.39, 0.29) is 17.9 Å². The summed E-state index contributed by atoms with van der Waals surface area (Å²) in [7, 11) is 0. The third kappa shape index (κ3) is 3.19. The highest BCUT2D eigenvalue weighted by Gasteiger charge is 2.24. The molecule has 2 rings (SSSR count). The van der Waals surface area contributed by atoms with E-state index in [0.29, 0.717) is 13.1 Å². The molecule has 0 radical (unpaired) electrons. The minimum absolute atomic E-state index is 0.111. The molecule has 1 atom stereocenters. The predicted molar refractivity (Wildman–Crippen MR) is 82.7 cm³/mol. The van der Waals surface area contributed by atoms with Gasteiger partial charge in [0.15, 0.2) is 0 Å². The van der Waals surface area contributed by atoms with Crippen LogP contribution in [0, 0.1) is 5.41 Å². The molecule has 4 nitrogen and oxygen atoms in total. The zero-order valence-electron chi connectivity index (χ0n) is 12.6. The Morgan fingerprint density at radius 2 is 2.00 bits per heavy atom. The molecule has 110 valence electrons. The van der Waals surface area contributed by atoms with Gasteiger partial charge in [-0.3, -0.25) is 0 Å². The van der Waals surface area contributed by atoms with Crippen LogP contribution < -0.4 is 5.73 Å². The second-order valence-electron chi connectivity index (χ2n) is 6.53. The minimum Gasteiger partial charge on any atom is -0.395 e. The molecule has 0 amide bonds. The van der Waals surface area contributed by atoms with Gasteiger partial charge in [-0.2, -0.15) is 0 Å². The molecule has 4 heteroatoms. The van der Waals surface area contributed by atoms with Gasteiger partial charge >= 0.3 is 0 Å². The lowest BCUT2D eigenvalue weighted by atomic mass is 9.84. The second-order valence-corrected chi connectivity index (χ2v) is 6.53.